The van der Waals surface area contributed by atoms with E-state index in [4.69, 9.17) is 0 Å². The highest BCUT2D eigenvalue weighted by Gasteiger charge is 2.18. The average molecular weight is 357 g/mol. The van der Waals surface area contributed by atoms with Gasteiger partial charge >= 0.3 is 0 Å². The van der Waals surface area contributed by atoms with Crippen LogP contribution in [0.1, 0.15) is 41.0 Å². The highest BCUT2D eigenvalue weighted by atomic mass is 16.1. The molecule has 4 nitrogen and oxygen atoms in total. The second-order valence-electron chi connectivity index (χ2n) is 6.98. The van der Waals surface area contributed by atoms with E-state index in [1.165, 1.54) is 19.3 Å². The summed E-state index contributed by atoms with van der Waals surface area (Å²) in [6.45, 7) is 3.89. The van der Waals surface area contributed by atoms with Crippen molar-refractivity contribution in [1.29, 1.82) is 0 Å². The Labute approximate surface area is 159 Å². The van der Waals surface area contributed by atoms with E-state index in [9.17, 15) is 4.79 Å². The van der Waals surface area contributed by atoms with Crippen molar-refractivity contribution in [3.05, 3.63) is 77.7 Å². The number of anilines is 1. The summed E-state index contributed by atoms with van der Waals surface area (Å²) in [5.41, 5.74) is 3.81. The molecule has 0 atom stereocenters. The van der Waals surface area contributed by atoms with Crippen LogP contribution in [0.15, 0.2) is 60.8 Å². The lowest BCUT2D eigenvalue weighted by Gasteiger charge is -2.27. The average Bonchev–Trinajstić information content (AvgIpc) is 2.75. The minimum absolute atomic E-state index is 0.0726. The van der Waals surface area contributed by atoms with E-state index in [0.29, 0.717) is 11.3 Å². The number of aromatic nitrogens is 2. The first kappa shape index (κ1) is 17.4. The Morgan fingerprint density at radius 2 is 1.70 bits per heavy atom. The Bertz CT molecular complexity index is 947. The summed E-state index contributed by atoms with van der Waals surface area (Å²) in [4.78, 5) is 24.6. The van der Waals surface area contributed by atoms with Crippen LogP contribution in [-0.2, 0) is 0 Å². The number of aryl methyl sites for hydroxylation is 1. The fourth-order valence-electron chi connectivity index (χ4n) is 3.54. The zero-order valence-electron chi connectivity index (χ0n) is 15.6. The maximum absolute atomic E-state index is 13.2. The lowest BCUT2D eigenvalue weighted by atomic mass is 10.0. The van der Waals surface area contributed by atoms with E-state index in [-0.39, 0.29) is 5.78 Å². The van der Waals surface area contributed by atoms with E-state index in [1.54, 1.807) is 6.07 Å². The number of nitrogens with zero attached hydrogens (tertiary/aromatic N) is 3. The number of carbonyl (C=O) groups is 1. The molecular formula is C23H23N3O. The summed E-state index contributed by atoms with van der Waals surface area (Å²) < 4.78 is 0. The predicted octanol–water partition coefficient (Wildman–Crippen LogP) is 4.67. The van der Waals surface area contributed by atoms with Gasteiger partial charge in [-0.05, 0) is 49.9 Å². The van der Waals surface area contributed by atoms with Crippen LogP contribution in [0.5, 0.6) is 0 Å². The summed E-state index contributed by atoms with van der Waals surface area (Å²) in [5.74, 6) is 0.821. The SMILES string of the molecule is Cc1ncc(-c2ccccc2)cc1C(=O)c1cccc(N2CCCCC2)n1. The van der Waals surface area contributed by atoms with Gasteiger partial charge in [0.1, 0.15) is 11.5 Å². The van der Waals surface area contributed by atoms with Gasteiger partial charge in [0.05, 0.1) is 0 Å². The molecule has 4 heteroatoms. The van der Waals surface area contributed by atoms with Gasteiger partial charge in [0.25, 0.3) is 0 Å². The maximum Gasteiger partial charge on any atom is 0.213 e. The number of benzene rings is 1. The number of carbonyl (C=O) groups excluding carboxylic acids is 1. The molecule has 0 amide bonds. The lowest BCUT2D eigenvalue weighted by molar-refractivity contribution is 0.103. The molecule has 136 valence electrons. The van der Waals surface area contributed by atoms with Crippen LogP contribution in [0, 0.1) is 6.92 Å². The predicted molar refractivity (Wildman–Crippen MR) is 108 cm³/mol. The molecule has 4 rings (SSSR count). The Kier molecular flexibility index (Phi) is 4.97. The molecule has 0 saturated carbocycles. The van der Waals surface area contributed by atoms with E-state index in [1.807, 2.05) is 61.7 Å². The van der Waals surface area contributed by atoms with Crippen molar-refractivity contribution < 1.29 is 4.79 Å². The molecule has 2 aromatic heterocycles. The third-order valence-corrected chi connectivity index (χ3v) is 5.09. The summed E-state index contributed by atoms with van der Waals surface area (Å²) in [5, 5.41) is 0. The van der Waals surface area contributed by atoms with Gasteiger partial charge in [0, 0.05) is 36.1 Å². The summed E-state index contributed by atoms with van der Waals surface area (Å²) in [6.07, 6.45) is 5.45. The Morgan fingerprint density at radius 1 is 0.926 bits per heavy atom. The van der Waals surface area contributed by atoms with E-state index in [0.717, 1.165) is 35.7 Å². The molecule has 3 heterocycles. The van der Waals surface area contributed by atoms with Gasteiger partial charge in [0.2, 0.25) is 5.78 Å². The van der Waals surface area contributed by atoms with Gasteiger partial charge in [-0.1, -0.05) is 36.4 Å². The van der Waals surface area contributed by atoms with Crippen molar-refractivity contribution in [3.63, 3.8) is 0 Å². The van der Waals surface area contributed by atoms with Crippen LogP contribution in [0.3, 0.4) is 0 Å². The van der Waals surface area contributed by atoms with Crippen molar-refractivity contribution in [3.8, 4) is 11.1 Å². The van der Waals surface area contributed by atoms with Gasteiger partial charge in [0.15, 0.2) is 0 Å². The fourth-order valence-corrected chi connectivity index (χ4v) is 3.54. The van der Waals surface area contributed by atoms with Crippen LogP contribution in [0.4, 0.5) is 5.82 Å². The Balaban J connectivity index is 1.66. The highest BCUT2D eigenvalue weighted by Crippen LogP contribution is 2.23. The zero-order valence-corrected chi connectivity index (χ0v) is 15.6. The smallest absolute Gasteiger partial charge is 0.213 e. The molecule has 1 saturated heterocycles. The van der Waals surface area contributed by atoms with Crippen LogP contribution < -0.4 is 4.90 Å². The number of rotatable bonds is 4. The molecule has 1 aliphatic heterocycles. The Morgan fingerprint density at radius 3 is 2.48 bits per heavy atom. The summed E-state index contributed by atoms with van der Waals surface area (Å²) >= 11 is 0. The zero-order chi connectivity index (χ0) is 18.6. The first-order valence-corrected chi connectivity index (χ1v) is 9.51. The van der Waals surface area contributed by atoms with Crippen molar-refractivity contribution in [2.24, 2.45) is 0 Å². The standard InChI is InChI=1S/C23H23N3O/c1-17-20(15-19(16-24-17)18-9-4-2-5-10-18)23(27)21-11-8-12-22(25-21)26-13-6-3-7-14-26/h2,4-5,8-12,15-16H,3,6-7,13-14H2,1H3. The third-order valence-electron chi connectivity index (χ3n) is 5.09. The number of pyridine rings is 2. The second kappa shape index (κ2) is 7.70. The molecule has 0 spiro atoms. The minimum Gasteiger partial charge on any atom is -0.357 e. The molecular weight excluding hydrogens is 334 g/mol. The lowest BCUT2D eigenvalue weighted by Crippen LogP contribution is -2.30. The number of hydrogen-bond acceptors (Lipinski definition) is 4. The quantitative estimate of drug-likeness (QED) is 0.637. The maximum atomic E-state index is 13.2. The fraction of sp³-hybridized carbons (Fsp3) is 0.261. The molecule has 1 aromatic carbocycles. The van der Waals surface area contributed by atoms with E-state index in [2.05, 4.69) is 14.9 Å². The van der Waals surface area contributed by atoms with E-state index < -0.39 is 0 Å². The minimum atomic E-state index is -0.0726. The number of hydrogen-bond donors (Lipinski definition) is 0. The molecule has 0 radical (unpaired) electrons. The topological polar surface area (TPSA) is 46.1 Å². The molecule has 0 aliphatic carbocycles. The molecule has 3 aromatic rings. The van der Waals surface area contributed by atoms with Gasteiger partial charge in [-0.3, -0.25) is 9.78 Å². The van der Waals surface area contributed by atoms with E-state index >= 15 is 0 Å². The number of piperidine rings is 1. The van der Waals surface area contributed by atoms with Gasteiger partial charge in [-0.15, -0.1) is 0 Å². The molecule has 1 fully saturated rings. The molecule has 0 unspecified atom stereocenters. The molecule has 0 N–H and O–H groups in total. The van der Waals surface area contributed by atoms with Crippen molar-refractivity contribution >= 4 is 11.6 Å². The van der Waals surface area contributed by atoms with Crippen molar-refractivity contribution in [1.82, 2.24) is 9.97 Å². The molecule has 1 aliphatic rings. The molecule has 27 heavy (non-hydrogen) atoms. The van der Waals surface area contributed by atoms with Crippen LogP contribution in [-0.4, -0.2) is 28.8 Å². The van der Waals surface area contributed by atoms with Crippen LogP contribution in [0.25, 0.3) is 11.1 Å². The number of ketones is 1. The van der Waals surface area contributed by atoms with Gasteiger partial charge in [-0.2, -0.15) is 0 Å². The van der Waals surface area contributed by atoms with Gasteiger partial charge < -0.3 is 4.90 Å². The van der Waals surface area contributed by atoms with Crippen molar-refractivity contribution in [2.75, 3.05) is 18.0 Å². The highest BCUT2D eigenvalue weighted by molar-refractivity contribution is 6.09. The monoisotopic (exact) mass is 357 g/mol. The second-order valence-corrected chi connectivity index (χ2v) is 6.98. The Hall–Kier alpha value is -3.01. The van der Waals surface area contributed by atoms with Crippen LogP contribution >= 0.6 is 0 Å². The van der Waals surface area contributed by atoms with Crippen LogP contribution in [0.2, 0.25) is 0 Å². The first-order valence-electron chi connectivity index (χ1n) is 9.51. The normalized spacial score (nSPS) is 14.2. The third kappa shape index (κ3) is 3.75. The first-order chi connectivity index (χ1) is 13.2. The van der Waals surface area contributed by atoms with Gasteiger partial charge in [-0.25, -0.2) is 4.98 Å². The summed E-state index contributed by atoms with van der Waals surface area (Å²) in [6, 6.07) is 17.6. The van der Waals surface area contributed by atoms with Crippen molar-refractivity contribution in [2.45, 2.75) is 26.2 Å². The molecule has 0 bridgehead atoms. The largest absolute Gasteiger partial charge is 0.357 e. The summed E-state index contributed by atoms with van der Waals surface area (Å²) in [7, 11) is 0.